The van der Waals surface area contributed by atoms with E-state index in [9.17, 15) is 4.79 Å². The Hall–Kier alpha value is -2.75. The number of carbonyl (C=O) groups is 1. The van der Waals surface area contributed by atoms with E-state index in [1.165, 1.54) is 10.9 Å². The maximum Gasteiger partial charge on any atom is 0.224 e. The largest absolute Gasteiger partial charge is 0.378 e. The van der Waals surface area contributed by atoms with Crippen molar-refractivity contribution in [1.29, 1.82) is 0 Å². The molecule has 1 heterocycles. The molecule has 3 rings (SSSR count). The number of carbonyl (C=O) groups excluding carboxylic acids is 1. The Morgan fingerprint density at radius 2 is 1.83 bits per heavy atom. The average Bonchev–Trinajstić information content (AvgIpc) is 2.97. The van der Waals surface area contributed by atoms with Crippen molar-refractivity contribution >= 4 is 28.2 Å². The van der Waals surface area contributed by atoms with Crippen molar-refractivity contribution < 1.29 is 4.79 Å². The number of anilines is 2. The number of para-hydroxylation sites is 1. The van der Waals surface area contributed by atoms with E-state index < -0.39 is 0 Å². The predicted octanol–water partition coefficient (Wildman–Crippen LogP) is 3.81. The van der Waals surface area contributed by atoms with E-state index in [0.29, 0.717) is 6.42 Å². The minimum atomic E-state index is 0.0351. The molecule has 4 nitrogen and oxygen atoms in total. The van der Waals surface area contributed by atoms with Gasteiger partial charge in [-0.3, -0.25) is 4.79 Å². The summed E-state index contributed by atoms with van der Waals surface area (Å²) in [5, 5.41) is 4.14. The van der Waals surface area contributed by atoms with E-state index >= 15 is 0 Å². The monoisotopic (exact) mass is 307 g/mol. The molecule has 0 aliphatic rings. The van der Waals surface area contributed by atoms with Gasteiger partial charge in [-0.1, -0.05) is 18.2 Å². The molecular weight excluding hydrogens is 286 g/mol. The third-order valence-corrected chi connectivity index (χ3v) is 3.96. The van der Waals surface area contributed by atoms with Gasteiger partial charge in [0.25, 0.3) is 0 Å². The number of rotatable bonds is 5. The summed E-state index contributed by atoms with van der Waals surface area (Å²) >= 11 is 0. The number of nitrogens with one attached hydrogen (secondary N) is 2. The second kappa shape index (κ2) is 6.57. The van der Waals surface area contributed by atoms with Gasteiger partial charge in [-0.25, -0.2) is 0 Å². The van der Waals surface area contributed by atoms with Gasteiger partial charge < -0.3 is 15.2 Å². The third kappa shape index (κ3) is 3.54. The molecule has 0 radical (unpaired) electrons. The van der Waals surface area contributed by atoms with Gasteiger partial charge in [0.05, 0.1) is 0 Å². The molecule has 0 saturated carbocycles. The molecule has 3 aromatic rings. The number of hydrogen-bond donors (Lipinski definition) is 2. The van der Waals surface area contributed by atoms with Crippen LogP contribution < -0.4 is 10.2 Å². The Balaban J connectivity index is 1.59. The maximum atomic E-state index is 12.1. The van der Waals surface area contributed by atoms with Crippen LogP contribution in [0.3, 0.4) is 0 Å². The minimum absolute atomic E-state index is 0.0351. The smallest absolute Gasteiger partial charge is 0.224 e. The summed E-state index contributed by atoms with van der Waals surface area (Å²) in [6, 6.07) is 16.0. The first-order valence-electron chi connectivity index (χ1n) is 7.76. The summed E-state index contributed by atoms with van der Waals surface area (Å²) in [4.78, 5) is 17.4. The lowest BCUT2D eigenvalue weighted by Gasteiger charge is -2.13. The summed E-state index contributed by atoms with van der Waals surface area (Å²) in [5.41, 5.74) is 4.24. The molecule has 1 amide bonds. The molecule has 0 aliphatic carbocycles. The molecule has 2 aromatic carbocycles. The highest BCUT2D eigenvalue weighted by Gasteiger charge is 2.07. The Kier molecular flexibility index (Phi) is 4.33. The second-order valence-electron chi connectivity index (χ2n) is 5.85. The second-order valence-corrected chi connectivity index (χ2v) is 5.85. The topological polar surface area (TPSA) is 48.1 Å². The molecule has 0 atom stereocenters. The highest BCUT2D eigenvalue weighted by Crippen LogP contribution is 2.20. The summed E-state index contributed by atoms with van der Waals surface area (Å²) in [7, 11) is 3.99. The van der Waals surface area contributed by atoms with Crippen LogP contribution in [0, 0.1) is 0 Å². The average molecular weight is 307 g/mol. The highest BCUT2D eigenvalue weighted by atomic mass is 16.1. The molecule has 1 aromatic heterocycles. The number of aromatic amines is 1. The highest BCUT2D eigenvalue weighted by molar-refractivity contribution is 5.91. The van der Waals surface area contributed by atoms with Crippen LogP contribution in [0.4, 0.5) is 11.4 Å². The van der Waals surface area contributed by atoms with E-state index in [2.05, 4.69) is 16.4 Å². The van der Waals surface area contributed by atoms with E-state index in [4.69, 9.17) is 0 Å². The van der Waals surface area contributed by atoms with Crippen LogP contribution >= 0.6 is 0 Å². The summed E-state index contributed by atoms with van der Waals surface area (Å²) in [6.45, 7) is 0. The van der Waals surface area contributed by atoms with E-state index in [1.54, 1.807) is 0 Å². The number of aryl methyl sites for hydroxylation is 1. The van der Waals surface area contributed by atoms with Crippen LogP contribution in [0.1, 0.15) is 12.0 Å². The maximum absolute atomic E-state index is 12.1. The molecule has 0 unspecified atom stereocenters. The summed E-state index contributed by atoms with van der Waals surface area (Å²) in [5.74, 6) is 0.0351. The Labute approximate surface area is 136 Å². The SMILES string of the molecule is CN(C)c1ccc(NC(=O)CCc2c[nH]c3ccccc23)cc1. The predicted molar refractivity (Wildman–Crippen MR) is 96.0 cm³/mol. The van der Waals surface area contributed by atoms with Crippen LogP contribution in [0.5, 0.6) is 0 Å². The molecule has 0 spiro atoms. The molecule has 118 valence electrons. The van der Waals surface area contributed by atoms with Crippen LogP contribution in [-0.4, -0.2) is 25.0 Å². The van der Waals surface area contributed by atoms with Gasteiger partial charge in [-0.15, -0.1) is 0 Å². The quantitative estimate of drug-likeness (QED) is 0.753. The summed E-state index contributed by atoms with van der Waals surface area (Å²) in [6.07, 6.45) is 3.19. The van der Waals surface area contributed by atoms with Crippen LogP contribution in [0.25, 0.3) is 10.9 Å². The van der Waals surface area contributed by atoms with Crippen LogP contribution in [-0.2, 0) is 11.2 Å². The van der Waals surface area contributed by atoms with Crippen molar-refractivity contribution in [3.05, 3.63) is 60.3 Å². The first-order chi connectivity index (χ1) is 11.1. The fourth-order valence-corrected chi connectivity index (χ4v) is 2.65. The lowest BCUT2D eigenvalue weighted by Crippen LogP contribution is -2.13. The van der Waals surface area contributed by atoms with Crippen molar-refractivity contribution in [1.82, 2.24) is 4.98 Å². The molecule has 0 saturated heterocycles. The number of aromatic nitrogens is 1. The number of fused-ring (bicyclic) bond motifs is 1. The third-order valence-electron chi connectivity index (χ3n) is 3.96. The van der Waals surface area contributed by atoms with Crippen molar-refractivity contribution in [2.45, 2.75) is 12.8 Å². The normalized spacial score (nSPS) is 10.7. The zero-order valence-electron chi connectivity index (χ0n) is 13.5. The zero-order chi connectivity index (χ0) is 16.2. The first-order valence-corrected chi connectivity index (χ1v) is 7.76. The Morgan fingerprint density at radius 1 is 1.09 bits per heavy atom. The molecule has 0 fully saturated rings. The number of benzene rings is 2. The van der Waals surface area contributed by atoms with Gasteiger partial charge >= 0.3 is 0 Å². The van der Waals surface area contributed by atoms with Gasteiger partial charge in [0.15, 0.2) is 0 Å². The number of H-pyrrole nitrogens is 1. The number of hydrogen-bond acceptors (Lipinski definition) is 2. The lowest BCUT2D eigenvalue weighted by molar-refractivity contribution is -0.116. The number of amides is 1. The first kappa shape index (κ1) is 15.2. The molecule has 0 bridgehead atoms. The van der Waals surface area contributed by atoms with Crippen molar-refractivity contribution in [2.75, 3.05) is 24.3 Å². The standard InChI is InChI=1S/C19H21N3O/c1-22(2)16-10-8-15(9-11-16)21-19(23)12-7-14-13-20-18-6-4-3-5-17(14)18/h3-6,8-11,13,20H,7,12H2,1-2H3,(H,21,23). The fourth-order valence-electron chi connectivity index (χ4n) is 2.65. The van der Waals surface area contributed by atoms with Crippen molar-refractivity contribution in [3.8, 4) is 0 Å². The van der Waals surface area contributed by atoms with Gasteiger partial charge in [0, 0.05) is 49.0 Å². The molecule has 2 N–H and O–H groups in total. The molecule has 0 aliphatic heterocycles. The molecule has 4 heteroatoms. The fraction of sp³-hybridized carbons (Fsp3) is 0.211. The Bertz CT molecular complexity index is 803. The van der Waals surface area contributed by atoms with E-state index in [1.807, 2.05) is 67.7 Å². The van der Waals surface area contributed by atoms with Gasteiger partial charge in [-0.2, -0.15) is 0 Å². The molecule has 23 heavy (non-hydrogen) atoms. The zero-order valence-corrected chi connectivity index (χ0v) is 13.5. The van der Waals surface area contributed by atoms with E-state index in [-0.39, 0.29) is 5.91 Å². The summed E-state index contributed by atoms with van der Waals surface area (Å²) < 4.78 is 0. The Morgan fingerprint density at radius 3 is 2.57 bits per heavy atom. The van der Waals surface area contributed by atoms with Gasteiger partial charge in [0.2, 0.25) is 5.91 Å². The number of nitrogens with zero attached hydrogens (tertiary/aromatic N) is 1. The van der Waals surface area contributed by atoms with E-state index in [0.717, 1.165) is 23.3 Å². The van der Waals surface area contributed by atoms with Crippen LogP contribution in [0.15, 0.2) is 54.7 Å². The minimum Gasteiger partial charge on any atom is -0.378 e. The van der Waals surface area contributed by atoms with Crippen molar-refractivity contribution in [2.24, 2.45) is 0 Å². The van der Waals surface area contributed by atoms with Gasteiger partial charge in [-0.05, 0) is 42.3 Å². The van der Waals surface area contributed by atoms with Crippen LogP contribution in [0.2, 0.25) is 0 Å². The lowest BCUT2D eigenvalue weighted by atomic mass is 10.1. The molecular formula is C19H21N3O. The van der Waals surface area contributed by atoms with Gasteiger partial charge in [0.1, 0.15) is 0 Å². The van der Waals surface area contributed by atoms with Crippen molar-refractivity contribution in [3.63, 3.8) is 0 Å².